The van der Waals surface area contributed by atoms with Gasteiger partial charge in [-0.25, -0.2) is 4.79 Å². The van der Waals surface area contributed by atoms with Crippen molar-refractivity contribution in [3.63, 3.8) is 0 Å². The van der Waals surface area contributed by atoms with Crippen molar-refractivity contribution in [2.24, 2.45) is 0 Å². The fraction of sp³-hybridized carbons (Fsp3) is 0.700. The molecule has 3 fully saturated rings. The highest BCUT2D eigenvalue weighted by Gasteiger charge is 2.47. The van der Waals surface area contributed by atoms with Crippen LogP contribution in [0.3, 0.4) is 0 Å². The van der Waals surface area contributed by atoms with E-state index in [0.29, 0.717) is 50.8 Å². The second-order valence-corrected chi connectivity index (χ2v) is 8.56. The molecule has 8 nitrogen and oxygen atoms in total. The van der Waals surface area contributed by atoms with Gasteiger partial charge in [-0.3, -0.25) is 9.69 Å². The van der Waals surface area contributed by atoms with Gasteiger partial charge in [0.05, 0.1) is 6.54 Å². The van der Waals surface area contributed by atoms with Gasteiger partial charge in [0.1, 0.15) is 11.3 Å². The van der Waals surface area contributed by atoms with E-state index in [4.69, 9.17) is 4.74 Å². The molecule has 8 heteroatoms. The van der Waals surface area contributed by atoms with E-state index in [1.807, 2.05) is 15.9 Å². The average molecular weight is 390 g/mol. The molecule has 2 amide bonds. The maximum absolute atomic E-state index is 12.5. The maximum Gasteiger partial charge on any atom is 0.410 e. The summed E-state index contributed by atoms with van der Waals surface area (Å²) in [5.74, 6) is 0.0190. The van der Waals surface area contributed by atoms with Crippen LogP contribution in [0.2, 0.25) is 0 Å². The van der Waals surface area contributed by atoms with Crippen molar-refractivity contribution in [3.05, 3.63) is 24.0 Å². The number of H-pyrrole nitrogens is 1. The van der Waals surface area contributed by atoms with Gasteiger partial charge in [-0.1, -0.05) is 0 Å². The van der Waals surface area contributed by atoms with Gasteiger partial charge in [0.15, 0.2) is 0 Å². The van der Waals surface area contributed by atoms with E-state index < -0.39 is 5.60 Å². The molecule has 0 radical (unpaired) electrons. The van der Waals surface area contributed by atoms with Crippen LogP contribution < -0.4 is 0 Å². The Morgan fingerprint density at radius 1 is 1.29 bits per heavy atom. The van der Waals surface area contributed by atoms with E-state index in [9.17, 15) is 9.59 Å². The van der Waals surface area contributed by atoms with E-state index in [0.717, 1.165) is 19.6 Å². The SMILES string of the molecule is CN(C)[C@@H]1CCN(CCN2CC3(CCN(C(=O)c4ccc[nH]4)CC3)OC2=O)C1. The smallest absolute Gasteiger partial charge is 0.410 e. The van der Waals surface area contributed by atoms with Crippen molar-refractivity contribution in [3.8, 4) is 0 Å². The van der Waals surface area contributed by atoms with Crippen molar-refractivity contribution in [2.45, 2.75) is 30.9 Å². The molecule has 28 heavy (non-hydrogen) atoms. The number of aromatic amines is 1. The molecule has 154 valence electrons. The van der Waals surface area contributed by atoms with Crippen molar-refractivity contribution < 1.29 is 14.3 Å². The van der Waals surface area contributed by atoms with E-state index in [1.165, 1.54) is 6.42 Å². The summed E-state index contributed by atoms with van der Waals surface area (Å²) in [4.78, 5) is 36.3. The van der Waals surface area contributed by atoms with Crippen LogP contribution in [0.4, 0.5) is 4.79 Å². The first-order valence-electron chi connectivity index (χ1n) is 10.3. The van der Waals surface area contributed by atoms with Crippen molar-refractivity contribution in [1.82, 2.24) is 24.6 Å². The van der Waals surface area contributed by atoms with Gasteiger partial charge in [-0.05, 0) is 39.2 Å². The molecular formula is C20H31N5O3. The number of amides is 2. The summed E-state index contributed by atoms with van der Waals surface area (Å²) in [5, 5.41) is 0. The maximum atomic E-state index is 12.5. The summed E-state index contributed by atoms with van der Waals surface area (Å²) in [6, 6.07) is 4.23. The molecule has 1 aromatic heterocycles. The number of ether oxygens (including phenoxy) is 1. The Labute approximate surface area is 166 Å². The molecule has 0 aliphatic carbocycles. The molecule has 3 saturated heterocycles. The minimum Gasteiger partial charge on any atom is -0.441 e. The number of nitrogens with one attached hydrogen (secondary N) is 1. The fourth-order valence-corrected chi connectivity index (χ4v) is 4.57. The Kier molecular flexibility index (Phi) is 5.33. The van der Waals surface area contributed by atoms with Crippen LogP contribution in [0.15, 0.2) is 18.3 Å². The van der Waals surface area contributed by atoms with Crippen LogP contribution in [-0.4, -0.2) is 108 Å². The molecule has 0 unspecified atom stereocenters. The zero-order chi connectivity index (χ0) is 19.7. The summed E-state index contributed by atoms with van der Waals surface area (Å²) in [7, 11) is 4.26. The molecule has 1 spiro atoms. The molecule has 0 bridgehead atoms. The quantitative estimate of drug-likeness (QED) is 0.816. The summed E-state index contributed by atoms with van der Waals surface area (Å²) in [5.41, 5.74) is 0.184. The monoisotopic (exact) mass is 389 g/mol. The first-order chi connectivity index (χ1) is 13.5. The van der Waals surface area contributed by atoms with Gasteiger partial charge >= 0.3 is 6.09 Å². The lowest BCUT2D eigenvalue weighted by molar-refractivity contribution is 0.00298. The highest BCUT2D eigenvalue weighted by atomic mass is 16.6. The minimum atomic E-state index is -0.430. The van der Waals surface area contributed by atoms with Gasteiger partial charge in [-0.2, -0.15) is 0 Å². The Bertz CT molecular complexity index is 697. The van der Waals surface area contributed by atoms with E-state index in [-0.39, 0.29) is 12.0 Å². The second-order valence-electron chi connectivity index (χ2n) is 8.56. The number of aromatic nitrogens is 1. The normalized spacial score (nSPS) is 25.1. The molecule has 3 aliphatic heterocycles. The number of likely N-dealkylation sites (tertiary alicyclic amines) is 2. The third-order valence-corrected chi connectivity index (χ3v) is 6.50. The Hall–Kier alpha value is -2.06. The van der Waals surface area contributed by atoms with Crippen LogP contribution in [0, 0.1) is 0 Å². The third-order valence-electron chi connectivity index (χ3n) is 6.50. The molecule has 0 aromatic carbocycles. The number of rotatable bonds is 5. The highest BCUT2D eigenvalue weighted by molar-refractivity contribution is 5.92. The van der Waals surface area contributed by atoms with Crippen molar-refractivity contribution in [1.29, 1.82) is 0 Å². The lowest BCUT2D eigenvalue weighted by atomic mass is 9.91. The summed E-state index contributed by atoms with van der Waals surface area (Å²) in [6.45, 7) is 5.65. The fourth-order valence-electron chi connectivity index (χ4n) is 4.57. The van der Waals surface area contributed by atoms with Crippen LogP contribution in [0.25, 0.3) is 0 Å². The Balaban J connectivity index is 1.26. The van der Waals surface area contributed by atoms with Crippen LogP contribution in [-0.2, 0) is 4.74 Å². The zero-order valence-corrected chi connectivity index (χ0v) is 16.9. The molecule has 1 N–H and O–H groups in total. The van der Waals surface area contributed by atoms with Crippen molar-refractivity contribution in [2.75, 3.05) is 59.9 Å². The Morgan fingerprint density at radius 3 is 2.71 bits per heavy atom. The van der Waals surface area contributed by atoms with Crippen molar-refractivity contribution >= 4 is 12.0 Å². The van der Waals surface area contributed by atoms with Gasteiger partial charge in [0.2, 0.25) is 0 Å². The number of nitrogens with zero attached hydrogens (tertiary/aromatic N) is 4. The molecular weight excluding hydrogens is 358 g/mol. The number of carbonyl (C=O) groups is 2. The number of piperidine rings is 1. The van der Waals surface area contributed by atoms with Crippen LogP contribution in [0.5, 0.6) is 0 Å². The molecule has 1 aromatic rings. The number of hydrogen-bond donors (Lipinski definition) is 1. The largest absolute Gasteiger partial charge is 0.441 e. The van der Waals surface area contributed by atoms with Gasteiger partial charge < -0.3 is 24.4 Å². The predicted molar refractivity (Wildman–Crippen MR) is 105 cm³/mol. The lowest BCUT2D eigenvalue weighted by Crippen LogP contribution is -2.49. The minimum absolute atomic E-state index is 0.0190. The van der Waals surface area contributed by atoms with Crippen LogP contribution in [0.1, 0.15) is 29.8 Å². The number of hydrogen-bond acceptors (Lipinski definition) is 5. The van der Waals surface area contributed by atoms with Gasteiger partial charge in [0.25, 0.3) is 5.91 Å². The molecule has 0 saturated carbocycles. The summed E-state index contributed by atoms with van der Waals surface area (Å²) in [6.07, 6.45) is 4.15. The summed E-state index contributed by atoms with van der Waals surface area (Å²) >= 11 is 0. The van der Waals surface area contributed by atoms with Gasteiger partial charge in [-0.15, -0.1) is 0 Å². The second kappa shape index (κ2) is 7.75. The zero-order valence-electron chi connectivity index (χ0n) is 16.9. The highest BCUT2D eigenvalue weighted by Crippen LogP contribution is 2.33. The van der Waals surface area contributed by atoms with E-state index in [1.54, 1.807) is 12.3 Å². The predicted octanol–water partition coefficient (Wildman–Crippen LogP) is 1.08. The van der Waals surface area contributed by atoms with Crippen LogP contribution >= 0.6 is 0 Å². The lowest BCUT2D eigenvalue weighted by Gasteiger charge is -2.37. The van der Waals surface area contributed by atoms with E-state index >= 15 is 0 Å². The van der Waals surface area contributed by atoms with E-state index in [2.05, 4.69) is 28.9 Å². The molecule has 4 heterocycles. The summed E-state index contributed by atoms with van der Waals surface area (Å²) < 4.78 is 5.81. The standard InChI is InChI=1S/C20H31N5O3/c1-22(2)16-5-9-23(14-16)12-13-25-15-20(28-19(25)27)6-10-24(11-7-20)18(26)17-4-3-8-21-17/h3-4,8,16,21H,5-7,9-15H2,1-2H3/t16-/m1/s1. The van der Waals surface area contributed by atoms with Gasteiger partial charge in [0, 0.05) is 57.8 Å². The third kappa shape index (κ3) is 3.89. The molecule has 1 atom stereocenters. The average Bonchev–Trinajstić information content (AvgIpc) is 3.41. The molecule has 3 aliphatic rings. The topological polar surface area (TPSA) is 72.1 Å². The number of carbonyl (C=O) groups excluding carboxylic acids is 2. The Morgan fingerprint density at radius 2 is 2.07 bits per heavy atom. The molecule has 4 rings (SSSR count). The first kappa shape index (κ1) is 19.3. The number of likely N-dealkylation sites (N-methyl/N-ethyl adjacent to an activating group) is 1. The first-order valence-corrected chi connectivity index (χ1v) is 10.3.